The third-order valence-corrected chi connectivity index (χ3v) is 3.20. The van der Waals surface area contributed by atoms with Gasteiger partial charge in [0.1, 0.15) is 11.4 Å². The van der Waals surface area contributed by atoms with Gasteiger partial charge in [-0.05, 0) is 12.1 Å². The van der Waals surface area contributed by atoms with Crippen LogP contribution in [0.4, 0.5) is 16.5 Å². The van der Waals surface area contributed by atoms with Crippen LogP contribution in [0.1, 0.15) is 17.4 Å². The lowest BCUT2D eigenvalue weighted by atomic mass is 10.2. The van der Waals surface area contributed by atoms with Crippen molar-refractivity contribution in [2.24, 2.45) is 0 Å². The van der Waals surface area contributed by atoms with Crippen LogP contribution in [0.5, 0.6) is 5.75 Å². The second-order valence-corrected chi connectivity index (χ2v) is 5.01. The van der Waals surface area contributed by atoms with Crippen molar-refractivity contribution < 1.29 is 14.3 Å². The van der Waals surface area contributed by atoms with Crippen LogP contribution in [0, 0.1) is 0 Å². The van der Waals surface area contributed by atoms with Gasteiger partial charge in [-0.1, -0.05) is 0 Å². The van der Waals surface area contributed by atoms with Crippen LogP contribution >= 0.6 is 11.3 Å². The highest BCUT2D eigenvalue weighted by atomic mass is 32.1. The summed E-state index contributed by atoms with van der Waals surface area (Å²) in [6.45, 7) is 1.40. The zero-order chi connectivity index (χ0) is 15.4. The molecule has 4 N–H and O–H groups in total. The molecule has 0 saturated heterocycles. The topological polar surface area (TPSA) is 106 Å². The molecule has 0 fully saturated rings. The highest BCUT2D eigenvalue weighted by Gasteiger charge is 2.12. The van der Waals surface area contributed by atoms with Gasteiger partial charge in [0, 0.05) is 24.1 Å². The molecular formula is C13H14N4O3S. The standard InChI is InChI=1S/C13H14N4O3S/c1-7(18)15-9-4-3-8(5-11(9)20-2)16-12(19)10-6-21-13(14)17-10/h3-6H,1-2H3,(H2,14,17)(H,15,18)(H,16,19). The first-order valence-electron chi connectivity index (χ1n) is 5.97. The van der Waals surface area contributed by atoms with Crippen LogP contribution < -0.4 is 21.1 Å². The van der Waals surface area contributed by atoms with E-state index in [0.29, 0.717) is 22.3 Å². The third-order valence-electron chi connectivity index (χ3n) is 2.52. The fourth-order valence-corrected chi connectivity index (χ4v) is 2.19. The molecular weight excluding hydrogens is 292 g/mol. The first kappa shape index (κ1) is 14.8. The number of hydrogen-bond acceptors (Lipinski definition) is 6. The second-order valence-electron chi connectivity index (χ2n) is 4.12. The summed E-state index contributed by atoms with van der Waals surface area (Å²) in [6.07, 6.45) is 0. The number of methoxy groups -OCH3 is 1. The summed E-state index contributed by atoms with van der Waals surface area (Å²) in [6, 6.07) is 4.91. The normalized spacial score (nSPS) is 10.0. The van der Waals surface area contributed by atoms with E-state index < -0.39 is 0 Å². The van der Waals surface area contributed by atoms with Crippen LogP contribution in [0.25, 0.3) is 0 Å². The van der Waals surface area contributed by atoms with Crippen LogP contribution in [0.2, 0.25) is 0 Å². The highest BCUT2D eigenvalue weighted by Crippen LogP contribution is 2.28. The first-order chi connectivity index (χ1) is 9.99. The monoisotopic (exact) mass is 306 g/mol. The fourth-order valence-electron chi connectivity index (χ4n) is 1.65. The van der Waals surface area contributed by atoms with Crippen molar-refractivity contribution in [3.05, 3.63) is 29.3 Å². The molecule has 8 heteroatoms. The number of aromatic nitrogens is 1. The number of ether oxygens (including phenoxy) is 1. The molecule has 2 amide bonds. The Labute approximate surface area is 125 Å². The van der Waals surface area contributed by atoms with Crippen molar-refractivity contribution in [1.29, 1.82) is 0 Å². The number of hydrogen-bond donors (Lipinski definition) is 3. The number of nitrogen functional groups attached to an aromatic ring is 1. The number of amides is 2. The van der Waals surface area contributed by atoms with Crippen LogP contribution in [0.3, 0.4) is 0 Å². The molecule has 0 radical (unpaired) electrons. The Hall–Kier alpha value is -2.61. The lowest BCUT2D eigenvalue weighted by Crippen LogP contribution is -2.13. The van der Waals surface area contributed by atoms with Crippen LogP contribution in [-0.2, 0) is 4.79 Å². The molecule has 0 aliphatic rings. The number of rotatable bonds is 4. The molecule has 0 atom stereocenters. The smallest absolute Gasteiger partial charge is 0.275 e. The van der Waals surface area contributed by atoms with E-state index in [-0.39, 0.29) is 17.5 Å². The van der Waals surface area contributed by atoms with Crippen molar-refractivity contribution in [2.45, 2.75) is 6.92 Å². The van der Waals surface area contributed by atoms with E-state index in [1.807, 2.05) is 0 Å². The molecule has 0 saturated carbocycles. The van der Waals surface area contributed by atoms with Crippen molar-refractivity contribution in [3.8, 4) is 5.75 Å². The Morgan fingerprint density at radius 3 is 2.67 bits per heavy atom. The Morgan fingerprint density at radius 1 is 1.33 bits per heavy atom. The molecule has 1 aromatic carbocycles. The van der Waals surface area contributed by atoms with E-state index in [1.54, 1.807) is 23.6 Å². The largest absolute Gasteiger partial charge is 0.494 e. The number of nitrogens with two attached hydrogens (primary N) is 1. The summed E-state index contributed by atoms with van der Waals surface area (Å²) in [5.74, 6) is -0.124. The Morgan fingerprint density at radius 2 is 2.10 bits per heavy atom. The first-order valence-corrected chi connectivity index (χ1v) is 6.85. The number of thiazole rings is 1. The maximum Gasteiger partial charge on any atom is 0.275 e. The van der Waals surface area contributed by atoms with Crippen LogP contribution in [-0.4, -0.2) is 23.9 Å². The van der Waals surface area contributed by atoms with Gasteiger partial charge in [-0.25, -0.2) is 4.98 Å². The summed E-state index contributed by atoms with van der Waals surface area (Å²) in [7, 11) is 1.48. The molecule has 0 aliphatic carbocycles. The molecule has 2 rings (SSSR count). The Kier molecular flexibility index (Phi) is 4.39. The van der Waals surface area contributed by atoms with Gasteiger partial charge in [-0.3, -0.25) is 9.59 Å². The van der Waals surface area contributed by atoms with Gasteiger partial charge in [-0.15, -0.1) is 11.3 Å². The molecule has 0 aliphatic heterocycles. The molecule has 21 heavy (non-hydrogen) atoms. The van der Waals surface area contributed by atoms with Gasteiger partial charge in [0.2, 0.25) is 5.91 Å². The van der Waals surface area contributed by atoms with Crippen molar-refractivity contribution in [2.75, 3.05) is 23.5 Å². The van der Waals surface area contributed by atoms with E-state index in [0.717, 1.165) is 0 Å². The highest BCUT2D eigenvalue weighted by molar-refractivity contribution is 7.13. The minimum Gasteiger partial charge on any atom is -0.494 e. The summed E-state index contributed by atoms with van der Waals surface area (Å²) in [5.41, 5.74) is 6.80. The SMILES string of the molecule is COc1cc(NC(=O)c2csc(N)n2)ccc1NC(C)=O. The van der Waals surface area contributed by atoms with Gasteiger partial charge in [0.15, 0.2) is 5.13 Å². The summed E-state index contributed by atoms with van der Waals surface area (Å²) >= 11 is 1.19. The number of carbonyl (C=O) groups excluding carboxylic acids is 2. The average molecular weight is 306 g/mol. The fraction of sp³-hybridized carbons (Fsp3) is 0.154. The summed E-state index contributed by atoms with van der Waals surface area (Å²) in [5, 5.41) is 7.23. The lowest BCUT2D eigenvalue weighted by molar-refractivity contribution is -0.114. The molecule has 1 heterocycles. The van der Waals surface area contributed by atoms with Gasteiger partial charge >= 0.3 is 0 Å². The minimum atomic E-state index is -0.364. The van der Waals surface area contributed by atoms with E-state index in [1.165, 1.54) is 25.4 Å². The quantitative estimate of drug-likeness (QED) is 0.800. The number of benzene rings is 1. The molecule has 0 unspecified atom stereocenters. The molecule has 1 aromatic heterocycles. The molecule has 0 bridgehead atoms. The Bertz CT molecular complexity index is 684. The van der Waals surface area contributed by atoms with E-state index in [2.05, 4.69) is 15.6 Å². The number of carbonyl (C=O) groups is 2. The molecule has 7 nitrogen and oxygen atoms in total. The zero-order valence-electron chi connectivity index (χ0n) is 11.5. The zero-order valence-corrected chi connectivity index (χ0v) is 12.3. The van der Waals surface area contributed by atoms with Gasteiger partial charge in [-0.2, -0.15) is 0 Å². The minimum absolute atomic E-state index is 0.206. The second kappa shape index (κ2) is 6.23. The maximum absolute atomic E-state index is 12.0. The van der Waals surface area contributed by atoms with Crippen molar-refractivity contribution in [1.82, 2.24) is 4.98 Å². The van der Waals surface area contributed by atoms with Crippen molar-refractivity contribution >= 4 is 39.7 Å². The van der Waals surface area contributed by atoms with Gasteiger partial charge in [0.05, 0.1) is 12.8 Å². The Balaban J connectivity index is 2.17. The number of anilines is 3. The lowest BCUT2D eigenvalue weighted by Gasteiger charge is -2.11. The van der Waals surface area contributed by atoms with Gasteiger partial charge < -0.3 is 21.1 Å². The van der Waals surface area contributed by atoms with Crippen molar-refractivity contribution in [3.63, 3.8) is 0 Å². The van der Waals surface area contributed by atoms with E-state index in [9.17, 15) is 9.59 Å². The average Bonchev–Trinajstić information content (AvgIpc) is 2.86. The molecule has 2 aromatic rings. The predicted octanol–water partition coefficient (Wildman–Crippen LogP) is 1.94. The van der Waals surface area contributed by atoms with E-state index >= 15 is 0 Å². The molecule has 110 valence electrons. The van der Waals surface area contributed by atoms with E-state index in [4.69, 9.17) is 10.5 Å². The third kappa shape index (κ3) is 3.69. The summed E-state index contributed by atoms with van der Waals surface area (Å²) < 4.78 is 5.18. The van der Waals surface area contributed by atoms with Crippen LogP contribution in [0.15, 0.2) is 23.6 Å². The molecule has 0 spiro atoms. The number of nitrogens with one attached hydrogen (secondary N) is 2. The summed E-state index contributed by atoms with van der Waals surface area (Å²) in [4.78, 5) is 26.9. The number of nitrogens with zero attached hydrogens (tertiary/aromatic N) is 1. The predicted molar refractivity (Wildman–Crippen MR) is 81.8 cm³/mol. The van der Waals surface area contributed by atoms with Gasteiger partial charge in [0.25, 0.3) is 5.91 Å². The maximum atomic E-state index is 12.0.